The molecule has 0 aliphatic heterocycles. The standard InChI is InChI=1S/C18H22N2O4/c1-12-4-6-15(21)14(10-12)20-18(22)19-9-8-13-5-7-16(23-2)17(11-13)24-3/h4-7,10-11,21H,8-9H2,1-3H3,(H2,19,20,22). The number of phenolic OH excluding ortho intramolecular Hbond substituents is 1. The zero-order valence-electron chi connectivity index (χ0n) is 14.1. The fraction of sp³-hybridized carbons (Fsp3) is 0.278. The van der Waals surface area contributed by atoms with E-state index in [0.29, 0.717) is 30.2 Å². The predicted octanol–water partition coefficient (Wildman–Crippen LogP) is 3.08. The molecular weight excluding hydrogens is 308 g/mol. The Morgan fingerprint density at radius 3 is 2.54 bits per heavy atom. The summed E-state index contributed by atoms with van der Waals surface area (Å²) < 4.78 is 10.4. The number of aromatic hydroxyl groups is 1. The Balaban J connectivity index is 1.87. The van der Waals surface area contributed by atoms with Crippen molar-refractivity contribution in [2.45, 2.75) is 13.3 Å². The van der Waals surface area contributed by atoms with Crippen LogP contribution in [0.1, 0.15) is 11.1 Å². The molecule has 0 unspecified atom stereocenters. The molecule has 0 fully saturated rings. The first-order valence-corrected chi connectivity index (χ1v) is 7.59. The van der Waals surface area contributed by atoms with Crippen molar-refractivity contribution < 1.29 is 19.4 Å². The van der Waals surface area contributed by atoms with E-state index in [1.807, 2.05) is 25.1 Å². The molecule has 0 heterocycles. The van der Waals surface area contributed by atoms with Crippen molar-refractivity contribution in [2.75, 3.05) is 26.1 Å². The minimum atomic E-state index is -0.364. The highest BCUT2D eigenvalue weighted by atomic mass is 16.5. The van der Waals surface area contributed by atoms with Gasteiger partial charge in [-0.15, -0.1) is 0 Å². The molecule has 2 aromatic rings. The third kappa shape index (κ3) is 4.55. The first-order valence-electron chi connectivity index (χ1n) is 7.59. The van der Waals surface area contributed by atoms with Crippen LogP contribution >= 0.6 is 0 Å². The van der Waals surface area contributed by atoms with Crippen LogP contribution in [0.5, 0.6) is 17.2 Å². The van der Waals surface area contributed by atoms with Gasteiger partial charge in [0.05, 0.1) is 19.9 Å². The summed E-state index contributed by atoms with van der Waals surface area (Å²) in [4.78, 5) is 11.9. The van der Waals surface area contributed by atoms with Crippen molar-refractivity contribution in [1.82, 2.24) is 5.32 Å². The average Bonchev–Trinajstić information content (AvgIpc) is 2.58. The molecule has 6 nitrogen and oxygen atoms in total. The maximum absolute atomic E-state index is 11.9. The smallest absolute Gasteiger partial charge is 0.319 e. The molecule has 0 saturated heterocycles. The van der Waals surface area contributed by atoms with Crippen LogP contribution in [-0.2, 0) is 6.42 Å². The van der Waals surface area contributed by atoms with E-state index in [9.17, 15) is 9.90 Å². The molecule has 0 bridgehead atoms. The number of carbonyl (C=O) groups excluding carboxylic acids is 1. The van der Waals surface area contributed by atoms with E-state index in [-0.39, 0.29) is 11.8 Å². The summed E-state index contributed by atoms with van der Waals surface area (Å²) in [6, 6.07) is 10.3. The SMILES string of the molecule is COc1ccc(CCNC(=O)Nc2cc(C)ccc2O)cc1OC. The van der Waals surface area contributed by atoms with Crippen LogP contribution in [0.2, 0.25) is 0 Å². The molecule has 0 atom stereocenters. The lowest BCUT2D eigenvalue weighted by Crippen LogP contribution is -2.30. The van der Waals surface area contributed by atoms with Crippen LogP contribution in [-0.4, -0.2) is 31.9 Å². The number of ether oxygens (including phenoxy) is 2. The van der Waals surface area contributed by atoms with E-state index in [1.54, 1.807) is 32.4 Å². The Bertz CT molecular complexity index is 716. The molecule has 24 heavy (non-hydrogen) atoms. The number of carbonyl (C=O) groups is 1. The molecule has 0 radical (unpaired) electrons. The molecular formula is C18H22N2O4. The largest absolute Gasteiger partial charge is 0.506 e. The molecule has 3 N–H and O–H groups in total. The van der Waals surface area contributed by atoms with Crippen molar-refractivity contribution in [2.24, 2.45) is 0 Å². The molecule has 2 aromatic carbocycles. The average molecular weight is 330 g/mol. The van der Waals surface area contributed by atoms with Crippen molar-refractivity contribution in [3.8, 4) is 17.2 Å². The predicted molar refractivity (Wildman–Crippen MR) is 93.1 cm³/mol. The molecule has 0 saturated carbocycles. The first-order chi connectivity index (χ1) is 11.5. The van der Waals surface area contributed by atoms with E-state index < -0.39 is 0 Å². The van der Waals surface area contributed by atoms with Crippen LogP contribution in [0.3, 0.4) is 0 Å². The summed E-state index contributed by atoms with van der Waals surface area (Å²) >= 11 is 0. The Kier molecular flexibility index (Phi) is 5.89. The van der Waals surface area contributed by atoms with Crippen molar-refractivity contribution in [3.05, 3.63) is 47.5 Å². The van der Waals surface area contributed by atoms with Crippen molar-refractivity contribution >= 4 is 11.7 Å². The van der Waals surface area contributed by atoms with Crippen LogP contribution in [0.4, 0.5) is 10.5 Å². The lowest BCUT2D eigenvalue weighted by molar-refractivity contribution is 0.252. The van der Waals surface area contributed by atoms with Crippen molar-refractivity contribution in [3.63, 3.8) is 0 Å². The van der Waals surface area contributed by atoms with Crippen LogP contribution < -0.4 is 20.1 Å². The summed E-state index contributed by atoms with van der Waals surface area (Å²) in [6.45, 7) is 2.34. The maximum Gasteiger partial charge on any atom is 0.319 e. The molecule has 2 amide bonds. The van der Waals surface area contributed by atoms with Gasteiger partial charge in [0.2, 0.25) is 0 Å². The Labute approximate surface area is 141 Å². The maximum atomic E-state index is 11.9. The van der Waals surface area contributed by atoms with Gasteiger partial charge in [0.1, 0.15) is 5.75 Å². The van der Waals surface area contributed by atoms with E-state index in [0.717, 1.165) is 11.1 Å². The number of nitrogens with one attached hydrogen (secondary N) is 2. The van der Waals surface area contributed by atoms with Gasteiger partial charge in [-0.25, -0.2) is 4.79 Å². The van der Waals surface area contributed by atoms with E-state index in [4.69, 9.17) is 9.47 Å². The summed E-state index contributed by atoms with van der Waals surface area (Å²) in [5, 5.41) is 15.1. The number of anilines is 1. The number of aryl methyl sites for hydroxylation is 1. The number of rotatable bonds is 6. The molecule has 2 rings (SSSR count). The van der Waals surface area contributed by atoms with Gasteiger partial charge in [0, 0.05) is 6.54 Å². The third-order valence-corrected chi connectivity index (χ3v) is 3.55. The van der Waals surface area contributed by atoms with Gasteiger partial charge in [0.15, 0.2) is 11.5 Å². The van der Waals surface area contributed by atoms with E-state index in [1.165, 1.54) is 0 Å². The highest BCUT2D eigenvalue weighted by molar-refractivity contribution is 5.90. The third-order valence-electron chi connectivity index (χ3n) is 3.55. The lowest BCUT2D eigenvalue weighted by atomic mass is 10.1. The van der Waals surface area contributed by atoms with Crippen LogP contribution in [0.15, 0.2) is 36.4 Å². The second-order valence-corrected chi connectivity index (χ2v) is 5.34. The summed E-state index contributed by atoms with van der Waals surface area (Å²) in [6.07, 6.45) is 0.646. The molecule has 0 aliphatic rings. The van der Waals surface area contributed by atoms with Crippen molar-refractivity contribution in [1.29, 1.82) is 0 Å². The topological polar surface area (TPSA) is 79.8 Å². The highest BCUT2D eigenvalue weighted by Crippen LogP contribution is 2.27. The van der Waals surface area contributed by atoms with Gasteiger partial charge in [-0.2, -0.15) is 0 Å². The number of phenols is 1. The molecule has 0 aliphatic carbocycles. The van der Waals surface area contributed by atoms with Gasteiger partial charge >= 0.3 is 6.03 Å². The number of hydrogen-bond acceptors (Lipinski definition) is 4. The summed E-state index contributed by atoms with van der Waals surface area (Å²) in [7, 11) is 3.17. The van der Waals surface area contributed by atoms with E-state index in [2.05, 4.69) is 10.6 Å². The zero-order chi connectivity index (χ0) is 17.5. The minimum absolute atomic E-state index is 0.0376. The van der Waals surface area contributed by atoms with Gasteiger partial charge in [0.25, 0.3) is 0 Å². The normalized spacial score (nSPS) is 10.1. The number of urea groups is 1. The minimum Gasteiger partial charge on any atom is -0.506 e. The van der Waals surface area contributed by atoms with E-state index >= 15 is 0 Å². The number of amides is 2. The summed E-state index contributed by atoms with van der Waals surface area (Å²) in [5.41, 5.74) is 2.36. The molecule has 6 heteroatoms. The van der Waals surface area contributed by atoms with Gasteiger partial charge in [-0.05, 0) is 48.7 Å². The molecule has 0 spiro atoms. The molecule has 0 aromatic heterocycles. The Morgan fingerprint density at radius 1 is 1.08 bits per heavy atom. The number of hydrogen-bond donors (Lipinski definition) is 3. The first kappa shape index (κ1) is 17.5. The highest BCUT2D eigenvalue weighted by Gasteiger charge is 2.07. The quantitative estimate of drug-likeness (QED) is 0.711. The second-order valence-electron chi connectivity index (χ2n) is 5.34. The second kappa shape index (κ2) is 8.10. The number of benzene rings is 2. The lowest BCUT2D eigenvalue weighted by Gasteiger charge is -2.11. The zero-order valence-corrected chi connectivity index (χ0v) is 14.1. The van der Waals surface area contributed by atoms with Crippen LogP contribution in [0.25, 0.3) is 0 Å². The number of methoxy groups -OCH3 is 2. The van der Waals surface area contributed by atoms with Gasteiger partial charge < -0.3 is 25.2 Å². The van der Waals surface area contributed by atoms with Gasteiger partial charge in [-0.3, -0.25) is 0 Å². The van der Waals surface area contributed by atoms with Gasteiger partial charge in [-0.1, -0.05) is 12.1 Å². The molecule has 128 valence electrons. The Morgan fingerprint density at radius 2 is 1.83 bits per heavy atom. The summed E-state index contributed by atoms with van der Waals surface area (Å²) in [5.74, 6) is 1.36. The fourth-order valence-corrected chi connectivity index (χ4v) is 2.27. The van der Waals surface area contributed by atoms with Crippen LogP contribution in [0, 0.1) is 6.92 Å². The Hall–Kier alpha value is -2.89. The monoisotopic (exact) mass is 330 g/mol. The fourth-order valence-electron chi connectivity index (χ4n) is 2.27.